The maximum atomic E-state index is 6.07. The lowest BCUT2D eigenvalue weighted by Gasteiger charge is -2.37. The Bertz CT molecular complexity index is 454. The number of likely N-dealkylation sites (tertiary alicyclic amines) is 1. The standard InChI is InChI=1S/C17H26N2O2/c1-2-8-20-14-5-3-4-13(9-14)17(10-18)19-11-15-6-7-16(12-19)21-15/h3-5,9,15-17H,2,6-8,10-12,18H2,1H3. The lowest BCUT2D eigenvalue weighted by atomic mass is 10.0. The highest BCUT2D eigenvalue weighted by Crippen LogP contribution is 2.32. The number of morpholine rings is 1. The Hall–Kier alpha value is -1.10. The molecule has 3 unspecified atom stereocenters. The molecular formula is C17H26N2O2. The summed E-state index contributed by atoms with van der Waals surface area (Å²) in [6, 6.07) is 8.66. The number of ether oxygens (including phenoxy) is 2. The molecule has 2 N–H and O–H groups in total. The van der Waals surface area contributed by atoms with Gasteiger partial charge in [0.1, 0.15) is 5.75 Å². The Kier molecular flexibility index (Phi) is 4.78. The molecule has 2 heterocycles. The van der Waals surface area contributed by atoms with Gasteiger partial charge in [-0.3, -0.25) is 4.90 Å². The molecule has 0 aliphatic carbocycles. The van der Waals surface area contributed by atoms with Crippen molar-refractivity contribution in [2.24, 2.45) is 5.73 Å². The SMILES string of the molecule is CCCOc1cccc(C(CN)N2CC3CCC(C2)O3)c1. The van der Waals surface area contributed by atoms with Gasteiger partial charge in [-0.1, -0.05) is 19.1 Å². The smallest absolute Gasteiger partial charge is 0.119 e. The molecule has 2 aliphatic heterocycles. The monoisotopic (exact) mass is 290 g/mol. The van der Waals surface area contributed by atoms with E-state index < -0.39 is 0 Å². The Morgan fingerprint density at radius 2 is 2.10 bits per heavy atom. The summed E-state index contributed by atoms with van der Waals surface area (Å²) in [5.74, 6) is 0.948. The molecule has 0 saturated carbocycles. The molecule has 2 bridgehead atoms. The molecule has 3 atom stereocenters. The van der Waals surface area contributed by atoms with Gasteiger partial charge in [0.2, 0.25) is 0 Å². The topological polar surface area (TPSA) is 47.7 Å². The van der Waals surface area contributed by atoms with E-state index in [0.717, 1.165) is 31.9 Å². The average Bonchev–Trinajstić information content (AvgIpc) is 2.85. The van der Waals surface area contributed by atoms with E-state index in [1.165, 1.54) is 18.4 Å². The third-order valence-electron chi connectivity index (χ3n) is 4.45. The van der Waals surface area contributed by atoms with Crippen LogP contribution in [0.1, 0.15) is 37.8 Å². The molecule has 3 rings (SSSR count). The molecule has 1 aromatic carbocycles. The summed E-state index contributed by atoms with van der Waals surface area (Å²) in [7, 11) is 0. The van der Waals surface area contributed by atoms with Gasteiger partial charge in [0.25, 0.3) is 0 Å². The molecular weight excluding hydrogens is 264 g/mol. The fraction of sp³-hybridized carbons (Fsp3) is 0.647. The molecule has 116 valence electrons. The van der Waals surface area contributed by atoms with Gasteiger partial charge in [0.05, 0.1) is 18.8 Å². The van der Waals surface area contributed by atoms with Crippen molar-refractivity contribution in [3.63, 3.8) is 0 Å². The Morgan fingerprint density at radius 1 is 1.33 bits per heavy atom. The minimum atomic E-state index is 0.266. The van der Waals surface area contributed by atoms with E-state index >= 15 is 0 Å². The largest absolute Gasteiger partial charge is 0.494 e. The van der Waals surface area contributed by atoms with Gasteiger partial charge < -0.3 is 15.2 Å². The molecule has 0 spiro atoms. The predicted octanol–water partition coefficient (Wildman–Crippen LogP) is 2.34. The highest BCUT2D eigenvalue weighted by atomic mass is 16.5. The second-order valence-electron chi connectivity index (χ2n) is 6.08. The van der Waals surface area contributed by atoms with Crippen molar-refractivity contribution >= 4 is 0 Å². The number of nitrogens with zero attached hydrogens (tertiary/aromatic N) is 1. The van der Waals surface area contributed by atoms with E-state index in [9.17, 15) is 0 Å². The van der Waals surface area contributed by atoms with Crippen LogP contribution in [0.15, 0.2) is 24.3 Å². The molecule has 0 amide bonds. The second-order valence-corrected chi connectivity index (χ2v) is 6.08. The van der Waals surface area contributed by atoms with Crippen molar-refractivity contribution < 1.29 is 9.47 Å². The molecule has 21 heavy (non-hydrogen) atoms. The molecule has 4 nitrogen and oxygen atoms in total. The van der Waals surface area contributed by atoms with Crippen molar-refractivity contribution in [2.45, 2.75) is 44.4 Å². The first kappa shape index (κ1) is 14.8. The Balaban J connectivity index is 1.73. The number of benzene rings is 1. The lowest BCUT2D eigenvalue weighted by molar-refractivity contribution is -0.0521. The fourth-order valence-corrected chi connectivity index (χ4v) is 3.43. The van der Waals surface area contributed by atoms with Crippen LogP contribution in [-0.4, -0.2) is 43.3 Å². The summed E-state index contributed by atoms with van der Waals surface area (Å²) in [5.41, 5.74) is 7.33. The van der Waals surface area contributed by atoms with Crippen molar-refractivity contribution in [2.75, 3.05) is 26.2 Å². The summed E-state index contributed by atoms with van der Waals surface area (Å²) in [4.78, 5) is 2.49. The van der Waals surface area contributed by atoms with Gasteiger partial charge >= 0.3 is 0 Å². The van der Waals surface area contributed by atoms with Crippen molar-refractivity contribution in [1.29, 1.82) is 0 Å². The third kappa shape index (κ3) is 3.39. The van der Waals surface area contributed by atoms with E-state index in [1.807, 2.05) is 6.07 Å². The van der Waals surface area contributed by atoms with Gasteiger partial charge in [0.15, 0.2) is 0 Å². The minimum absolute atomic E-state index is 0.266. The van der Waals surface area contributed by atoms with Crippen LogP contribution in [0.25, 0.3) is 0 Å². The zero-order chi connectivity index (χ0) is 14.7. The first-order valence-corrected chi connectivity index (χ1v) is 8.12. The normalized spacial score (nSPS) is 26.8. The van der Waals surface area contributed by atoms with Crippen LogP contribution in [0.2, 0.25) is 0 Å². The van der Waals surface area contributed by atoms with Gasteiger partial charge in [-0.05, 0) is 37.0 Å². The predicted molar refractivity (Wildman–Crippen MR) is 83.5 cm³/mol. The highest BCUT2D eigenvalue weighted by Gasteiger charge is 2.36. The van der Waals surface area contributed by atoms with E-state index in [1.54, 1.807) is 0 Å². The van der Waals surface area contributed by atoms with E-state index in [0.29, 0.717) is 18.8 Å². The first-order chi connectivity index (χ1) is 10.3. The number of hydrogen-bond acceptors (Lipinski definition) is 4. The number of hydrogen-bond donors (Lipinski definition) is 1. The summed E-state index contributed by atoms with van der Waals surface area (Å²) in [5, 5.41) is 0. The van der Waals surface area contributed by atoms with E-state index in [4.69, 9.17) is 15.2 Å². The Labute approximate surface area is 127 Å². The molecule has 2 fully saturated rings. The maximum absolute atomic E-state index is 6.07. The van der Waals surface area contributed by atoms with Gasteiger partial charge in [-0.15, -0.1) is 0 Å². The first-order valence-electron chi connectivity index (χ1n) is 8.12. The summed E-state index contributed by atoms with van der Waals surface area (Å²) < 4.78 is 11.7. The van der Waals surface area contributed by atoms with E-state index in [-0.39, 0.29) is 6.04 Å². The van der Waals surface area contributed by atoms with E-state index in [2.05, 4.69) is 30.0 Å². The molecule has 0 radical (unpaired) electrons. The third-order valence-corrected chi connectivity index (χ3v) is 4.45. The van der Waals surface area contributed by atoms with Crippen LogP contribution < -0.4 is 10.5 Å². The summed E-state index contributed by atoms with van der Waals surface area (Å²) in [6.45, 7) is 5.52. The molecule has 1 aromatic rings. The van der Waals surface area contributed by atoms with Crippen LogP contribution in [-0.2, 0) is 4.74 Å². The zero-order valence-electron chi connectivity index (χ0n) is 12.8. The van der Waals surface area contributed by atoms with Crippen molar-refractivity contribution in [3.05, 3.63) is 29.8 Å². The lowest BCUT2D eigenvalue weighted by Crippen LogP contribution is -2.46. The van der Waals surface area contributed by atoms with Gasteiger partial charge in [-0.25, -0.2) is 0 Å². The van der Waals surface area contributed by atoms with Crippen LogP contribution in [0.5, 0.6) is 5.75 Å². The molecule has 4 heteroatoms. The van der Waals surface area contributed by atoms with Gasteiger partial charge in [-0.2, -0.15) is 0 Å². The van der Waals surface area contributed by atoms with Crippen LogP contribution in [0.4, 0.5) is 0 Å². The fourth-order valence-electron chi connectivity index (χ4n) is 3.43. The highest BCUT2D eigenvalue weighted by molar-refractivity contribution is 5.31. The van der Waals surface area contributed by atoms with Crippen LogP contribution in [0, 0.1) is 0 Å². The summed E-state index contributed by atoms with van der Waals surface area (Å²) >= 11 is 0. The molecule has 2 saturated heterocycles. The van der Waals surface area contributed by atoms with Crippen LogP contribution in [0.3, 0.4) is 0 Å². The minimum Gasteiger partial charge on any atom is -0.494 e. The molecule has 2 aliphatic rings. The zero-order valence-corrected chi connectivity index (χ0v) is 12.8. The number of rotatable bonds is 6. The van der Waals surface area contributed by atoms with Crippen molar-refractivity contribution in [1.82, 2.24) is 4.90 Å². The number of nitrogens with two attached hydrogens (primary N) is 1. The summed E-state index contributed by atoms with van der Waals surface area (Å²) in [6.07, 6.45) is 4.21. The Morgan fingerprint density at radius 3 is 2.76 bits per heavy atom. The number of fused-ring (bicyclic) bond motifs is 2. The second kappa shape index (κ2) is 6.77. The van der Waals surface area contributed by atoms with Crippen LogP contribution >= 0.6 is 0 Å². The van der Waals surface area contributed by atoms with Gasteiger partial charge in [0, 0.05) is 25.7 Å². The quantitative estimate of drug-likeness (QED) is 0.873. The maximum Gasteiger partial charge on any atom is 0.119 e. The molecule has 0 aromatic heterocycles. The average molecular weight is 290 g/mol. The van der Waals surface area contributed by atoms with Crippen molar-refractivity contribution in [3.8, 4) is 5.75 Å².